The number of carboxylic acid groups (broad SMARTS) is 1. The summed E-state index contributed by atoms with van der Waals surface area (Å²) in [5, 5.41) is 11.4. The highest BCUT2D eigenvalue weighted by molar-refractivity contribution is 5.94. The van der Waals surface area contributed by atoms with Crippen LogP contribution in [0.4, 0.5) is 10.5 Å². The zero-order valence-electron chi connectivity index (χ0n) is 10.6. The number of benzene rings is 1. The molecular weight excluding hydrogens is 232 g/mol. The van der Waals surface area contributed by atoms with Crippen LogP contribution in [0.2, 0.25) is 0 Å². The molecule has 0 aromatic heterocycles. The number of nitrogens with zero attached hydrogens (tertiary/aromatic N) is 1. The van der Waals surface area contributed by atoms with Gasteiger partial charge in [-0.2, -0.15) is 0 Å². The predicted octanol–water partition coefficient (Wildman–Crippen LogP) is 2.09. The zero-order chi connectivity index (χ0) is 13.5. The number of para-hydroxylation sites is 1. The second-order valence-corrected chi connectivity index (χ2v) is 3.83. The molecule has 5 nitrogen and oxygen atoms in total. The first-order valence-corrected chi connectivity index (χ1v) is 5.96. The summed E-state index contributed by atoms with van der Waals surface area (Å²) in [6, 6.07) is 7.91. The summed E-state index contributed by atoms with van der Waals surface area (Å²) < 4.78 is 0. The first-order chi connectivity index (χ1) is 8.60. The standard InChI is InChI=1S/C13H18N2O3/c1-3-11(12(16)17)14-13(18)15(4-2)10-8-6-5-7-9-10/h5-9,11H,3-4H2,1-2H3,(H,14,18)(H,16,17). The van der Waals surface area contributed by atoms with Gasteiger partial charge in [-0.25, -0.2) is 9.59 Å². The Hall–Kier alpha value is -2.04. The molecular formula is C13H18N2O3. The van der Waals surface area contributed by atoms with E-state index in [1.807, 2.05) is 37.3 Å². The molecule has 98 valence electrons. The maximum absolute atomic E-state index is 12.0. The maximum Gasteiger partial charge on any atom is 0.326 e. The molecule has 1 unspecified atom stereocenters. The predicted molar refractivity (Wildman–Crippen MR) is 69.7 cm³/mol. The molecule has 5 heteroatoms. The number of carboxylic acids is 1. The Morgan fingerprint density at radius 3 is 2.33 bits per heavy atom. The SMILES string of the molecule is CCC(NC(=O)N(CC)c1ccccc1)C(=O)O. The van der Waals surface area contributed by atoms with Crippen LogP contribution in [-0.4, -0.2) is 29.7 Å². The van der Waals surface area contributed by atoms with Crippen molar-refractivity contribution >= 4 is 17.7 Å². The number of hydrogen-bond acceptors (Lipinski definition) is 2. The van der Waals surface area contributed by atoms with Gasteiger partial charge in [0.05, 0.1) is 0 Å². The van der Waals surface area contributed by atoms with Gasteiger partial charge in [0.2, 0.25) is 0 Å². The minimum absolute atomic E-state index is 0.355. The lowest BCUT2D eigenvalue weighted by molar-refractivity contribution is -0.139. The molecule has 0 spiro atoms. The van der Waals surface area contributed by atoms with Crippen molar-refractivity contribution in [3.05, 3.63) is 30.3 Å². The van der Waals surface area contributed by atoms with E-state index >= 15 is 0 Å². The van der Waals surface area contributed by atoms with Crippen molar-refractivity contribution in [2.75, 3.05) is 11.4 Å². The zero-order valence-corrected chi connectivity index (χ0v) is 10.6. The van der Waals surface area contributed by atoms with Gasteiger partial charge in [0.1, 0.15) is 6.04 Å². The summed E-state index contributed by atoms with van der Waals surface area (Å²) >= 11 is 0. The van der Waals surface area contributed by atoms with E-state index in [0.717, 1.165) is 5.69 Å². The number of anilines is 1. The van der Waals surface area contributed by atoms with Crippen molar-refractivity contribution in [2.24, 2.45) is 0 Å². The minimum atomic E-state index is -1.02. The number of amides is 2. The van der Waals surface area contributed by atoms with Crippen LogP contribution < -0.4 is 10.2 Å². The van der Waals surface area contributed by atoms with Crippen molar-refractivity contribution in [3.8, 4) is 0 Å². The molecule has 0 aliphatic carbocycles. The number of aliphatic carboxylic acids is 1. The number of hydrogen-bond donors (Lipinski definition) is 2. The van der Waals surface area contributed by atoms with Crippen LogP contribution in [-0.2, 0) is 4.79 Å². The molecule has 2 amide bonds. The highest BCUT2D eigenvalue weighted by Gasteiger charge is 2.21. The Labute approximate surface area is 106 Å². The van der Waals surface area contributed by atoms with Crippen molar-refractivity contribution in [3.63, 3.8) is 0 Å². The molecule has 0 aliphatic heterocycles. The molecule has 2 N–H and O–H groups in total. The van der Waals surface area contributed by atoms with Crippen LogP contribution >= 0.6 is 0 Å². The number of rotatable bonds is 5. The number of nitrogens with one attached hydrogen (secondary N) is 1. The van der Waals surface area contributed by atoms with Crippen LogP contribution in [0.5, 0.6) is 0 Å². The number of carbonyl (C=O) groups excluding carboxylic acids is 1. The molecule has 0 saturated carbocycles. The fourth-order valence-corrected chi connectivity index (χ4v) is 1.62. The first kappa shape index (κ1) is 14.0. The average Bonchev–Trinajstić information content (AvgIpc) is 2.37. The van der Waals surface area contributed by atoms with Gasteiger partial charge in [0.25, 0.3) is 0 Å². The lowest BCUT2D eigenvalue weighted by atomic mass is 10.2. The summed E-state index contributed by atoms with van der Waals surface area (Å²) in [6.07, 6.45) is 0.355. The Kier molecular flexibility index (Phi) is 5.17. The van der Waals surface area contributed by atoms with E-state index in [-0.39, 0.29) is 0 Å². The lowest BCUT2D eigenvalue weighted by Gasteiger charge is -2.23. The number of carbonyl (C=O) groups is 2. The summed E-state index contributed by atoms with van der Waals surface area (Å²) in [4.78, 5) is 24.4. The highest BCUT2D eigenvalue weighted by atomic mass is 16.4. The average molecular weight is 250 g/mol. The highest BCUT2D eigenvalue weighted by Crippen LogP contribution is 2.13. The van der Waals surface area contributed by atoms with Crippen LogP contribution in [0.1, 0.15) is 20.3 Å². The molecule has 0 heterocycles. The number of urea groups is 1. The Morgan fingerprint density at radius 1 is 1.28 bits per heavy atom. The summed E-state index contributed by atoms with van der Waals surface area (Å²) in [5.74, 6) is -1.02. The monoisotopic (exact) mass is 250 g/mol. The Bertz CT molecular complexity index is 406. The second-order valence-electron chi connectivity index (χ2n) is 3.83. The largest absolute Gasteiger partial charge is 0.480 e. The van der Waals surface area contributed by atoms with E-state index in [0.29, 0.717) is 13.0 Å². The van der Waals surface area contributed by atoms with Crippen LogP contribution in [0.15, 0.2) is 30.3 Å². The fourth-order valence-electron chi connectivity index (χ4n) is 1.62. The molecule has 0 radical (unpaired) electrons. The van der Waals surface area contributed by atoms with E-state index in [4.69, 9.17) is 5.11 Å². The Morgan fingerprint density at radius 2 is 1.89 bits per heavy atom. The van der Waals surface area contributed by atoms with E-state index in [1.165, 1.54) is 4.90 Å². The molecule has 0 bridgehead atoms. The van der Waals surface area contributed by atoms with Gasteiger partial charge in [-0.1, -0.05) is 25.1 Å². The van der Waals surface area contributed by atoms with Gasteiger partial charge in [0.15, 0.2) is 0 Å². The van der Waals surface area contributed by atoms with E-state index < -0.39 is 18.0 Å². The molecule has 18 heavy (non-hydrogen) atoms. The van der Waals surface area contributed by atoms with E-state index in [2.05, 4.69) is 5.32 Å². The minimum Gasteiger partial charge on any atom is -0.480 e. The van der Waals surface area contributed by atoms with Crippen molar-refractivity contribution in [1.82, 2.24) is 5.32 Å². The molecule has 1 aromatic carbocycles. The maximum atomic E-state index is 12.0. The van der Waals surface area contributed by atoms with E-state index in [1.54, 1.807) is 6.92 Å². The van der Waals surface area contributed by atoms with Gasteiger partial charge in [-0.15, -0.1) is 0 Å². The lowest BCUT2D eigenvalue weighted by Crippen LogP contribution is -2.47. The first-order valence-electron chi connectivity index (χ1n) is 5.96. The van der Waals surface area contributed by atoms with Crippen LogP contribution in [0.3, 0.4) is 0 Å². The van der Waals surface area contributed by atoms with Crippen LogP contribution in [0, 0.1) is 0 Å². The summed E-state index contributed by atoms with van der Waals surface area (Å²) in [5.41, 5.74) is 0.748. The van der Waals surface area contributed by atoms with E-state index in [9.17, 15) is 9.59 Å². The topological polar surface area (TPSA) is 69.6 Å². The third-order valence-corrected chi connectivity index (χ3v) is 2.63. The molecule has 0 saturated heterocycles. The molecule has 1 atom stereocenters. The fraction of sp³-hybridized carbons (Fsp3) is 0.385. The molecule has 1 aromatic rings. The Balaban J connectivity index is 2.78. The summed E-state index contributed by atoms with van der Waals surface area (Å²) in [7, 11) is 0. The van der Waals surface area contributed by atoms with Crippen molar-refractivity contribution in [2.45, 2.75) is 26.3 Å². The summed E-state index contributed by atoms with van der Waals surface area (Å²) in [6.45, 7) is 4.04. The van der Waals surface area contributed by atoms with Crippen molar-refractivity contribution in [1.29, 1.82) is 0 Å². The quantitative estimate of drug-likeness (QED) is 0.840. The third kappa shape index (κ3) is 3.48. The van der Waals surface area contributed by atoms with Crippen LogP contribution in [0.25, 0.3) is 0 Å². The molecule has 1 rings (SSSR count). The second kappa shape index (κ2) is 6.64. The van der Waals surface area contributed by atoms with Gasteiger partial charge < -0.3 is 10.4 Å². The van der Waals surface area contributed by atoms with Gasteiger partial charge in [-0.05, 0) is 25.5 Å². The van der Waals surface area contributed by atoms with Crippen molar-refractivity contribution < 1.29 is 14.7 Å². The van der Waals surface area contributed by atoms with Gasteiger partial charge >= 0.3 is 12.0 Å². The van der Waals surface area contributed by atoms with Gasteiger partial charge in [-0.3, -0.25) is 4.90 Å². The third-order valence-electron chi connectivity index (χ3n) is 2.63. The smallest absolute Gasteiger partial charge is 0.326 e. The molecule has 0 aliphatic rings. The molecule has 0 fully saturated rings. The normalized spacial score (nSPS) is 11.7. The van der Waals surface area contributed by atoms with Gasteiger partial charge in [0, 0.05) is 12.2 Å².